The van der Waals surface area contributed by atoms with Gasteiger partial charge in [-0.05, 0) is 87.8 Å². The molecule has 4 heteroatoms. The molecule has 2 aliphatic carbocycles. The lowest BCUT2D eigenvalue weighted by molar-refractivity contribution is 0.151. The summed E-state index contributed by atoms with van der Waals surface area (Å²) in [5, 5.41) is 2.20. The van der Waals surface area contributed by atoms with Gasteiger partial charge in [0, 0.05) is 38.9 Å². The van der Waals surface area contributed by atoms with Crippen molar-refractivity contribution in [1.82, 2.24) is 9.97 Å². The molecule has 0 amide bonds. The van der Waals surface area contributed by atoms with Gasteiger partial charge in [-0.1, -0.05) is 153 Å². The molecule has 59 heavy (non-hydrogen) atoms. The van der Waals surface area contributed by atoms with Crippen LogP contribution in [0.1, 0.15) is 30.0 Å². The molecule has 9 aromatic rings. The minimum atomic E-state index is -0.491. The third kappa shape index (κ3) is 5.16. The van der Waals surface area contributed by atoms with Crippen molar-refractivity contribution in [1.29, 1.82) is 0 Å². The van der Waals surface area contributed by atoms with Crippen LogP contribution in [0.4, 0.5) is 0 Å². The fourth-order valence-corrected chi connectivity index (χ4v) is 9.94. The lowest BCUT2D eigenvalue weighted by atomic mass is 9.62. The summed E-state index contributed by atoms with van der Waals surface area (Å²) >= 11 is 0. The number of ether oxygens (including phenoxy) is 1. The third-order valence-electron chi connectivity index (χ3n) is 12.7. The minimum Gasteiger partial charge on any atom is -0.485 e. The SMILES string of the molecule is CC1CC=CC=C2C1Oc1ccc(-c3cccc(-c4cc(-c5ccc6c(c5)oc5ccccc56)nc(-c5ccccc5)n4)c3)cc1C21c2ccccc2-c2ccccc21. The van der Waals surface area contributed by atoms with Gasteiger partial charge in [0.1, 0.15) is 23.0 Å². The van der Waals surface area contributed by atoms with Crippen molar-refractivity contribution in [3.05, 3.63) is 210 Å². The van der Waals surface area contributed by atoms with Gasteiger partial charge in [0.15, 0.2) is 5.82 Å². The van der Waals surface area contributed by atoms with E-state index in [1.807, 2.05) is 36.4 Å². The molecular formula is C55H38N2O2. The van der Waals surface area contributed by atoms with E-state index in [1.54, 1.807) is 0 Å². The molecule has 0 radical (unpaired) electrons. The molecule has 3 heterocycles. The van der Waals surface area contributed by atoms with E-state index in [2.05, 4.69) is 159 Å². The maximum absolute atomic E-state index is 7.05. The Morgan fingerprint density at radius 3 is 1.98 bits per heavy atom. The molecule has 0 fully saturated rings. The van der Waals surface area contributed by atoms with E-state index >= 15 is 0 Å². The Kier molecular flexibility index (Phi) is 7.52. The fraction of sp³-hybridized carbons (Fsp3) is 0.0909. The molecule has 2 aromatic heterocycles. The standard InChI is InChI=1S/C55H38N2O2/c1-34-14-5-9-24-46-53(34)59-51-29-27-37(31-47(51)55(46)44-22-10-6-19-40(44)41-20-7-11-23-45(41)55)36-17-13-18-38(30-36)48-33-49(57-54(56-48)35-15-3-2-4-16-35)39-26-28-43-42-21-8-12-25-50(42)58-52(43)32-39/h2-13,15-34,53H,14H2,1H3. The van der Waals surface area contributed by atoms with Crippen molar-refractivity contribution >= 4 is 21.9 Å². The Balaban J connectivity index is 1.02. The summed E-state index contributed by atoms with van der Waals surface area (Å²) in [6, 6.07) is 60.4. The number of rotatable bonds is 4. The molecule has 280 valence electrons. The van der Waals surface area contributed by atoms with Crippen LogP contribution in [0.15, 0.2) is 198 Å². The van der Waals surface area contributed by atoms with E-state index in [1.165, 1.54) is 33.4 Å². The number of hydrogen-bond acceptors (Lipinski definition) is 4. The normalized spacial score (nSPS) is 17.1. The van der Waals surface area contributed by atoms with Gasteiger partial charge in [0.2, 0.25) is 0 Å². The van der Waals surface area contributed by atoms with Crippen LogP contribution in [-0.4, -0.2) is 16.1 Å². The first kappa shape index (κ1) is 33.8. The van der Waals surface area contributed by atoms with E-state index in [-0.39, 0.29) is 6.10 Å². The van der Waals surface area contributed by atoms with E-state index in [0.717, 1.165) is 73.3 Å². The first-order chi connectivity index (χ1) is 29.1. The molecule has 0 bridgehead atoms. The molecule has 4 nitrogen and oxygen atoms in total. The molecular weight excluding hydrogens is 721 g/mol. The number of furan rings is 1. The van der Waals surface area contributed by atoms with Crippen molar-refractivity contribution in [3.63, 3.8) is 0 Å². The first-order valence-electron chi connectivity index (χ1n) is 20.5. The molecule has 7 aromatic carbocycles. The van der Waals surface area contributed by atoms with Crippen molar-refractivity contribution < 1.29 is 9.15 Å². The molecule has 0 saturated carbocycles. The summed E-state index contributed by atoms with van der Waals surface area (Å²) in [6.45, 7) is 2.32. The predicted molar refractivity (Wildman–Crippen MR) is 238 cm³/mol. The summed E-state index contributed by atoms with van der Waals surface area (Å²) < 4.78 is 13.4. The number of benzene rings is 7. The van der Waals surface area contributed by atoms with E-state index in [0.29, 0.717) is 11.7 Å². The average molecular weight is 759 g/mol. The molecule has 3 aliphatic rings. The van der Waals surface area contributed by atoms with Gasteiger partial charge < -0.3 is 9.15 Å². The van der Waals surface area contributed by atoms with Gasteiger partial charge in [-0.3, -0.25) is 0 Å². The highest BCUT2D eigenvalue weighted by Crippen LogP contribution is 2.62. The number of hydrogen-bond donors (Lipinski definition) is 0. The quantitative estimate of drug-likeness (QED) is 0.179. The summed E-state index contributed by atoms with van der Waals surface area (Å²) in [6.07, 6.45) is 7.79. The smallest absolute Gasteiger partial charge is 0.160 e. The molecule has 2 atom stereocenters. The number of aromatic nitrogens is 2. The Morgan fingerprint density at radius 2 is 1.17 bits per heavy atom. The number of fused-ring (bicyclic) bond motifs is 12. The van der Waals surface area contributed by atoms with Gasteiger partial charge in [-0.25, -0.2) is 9.97 Å². The molecule has 12 rings (SSSR count). The fourth-order valence-electron chi connectivity index (χ4n) is 9.94. The van der Waals surface area contributed by atoms with Crippen LogP contribution in [0.5, 0.6) is 5.75 Å². The Labute approximate surface area is 342 Å². The van der Waals surface area contributed by atoms with Crippen LogP contribution in [-0.2, 0) is 5.41 Å². The van der Waals surface area contributed by atoms with Crippen LogP contribution in [0.2, 0.25) is 0 Å². The van der Waals surface area contributed by atoms with Gasteiger partial charge in [0.05, 0.1) is 16.8 Å². The van der Waals surface area contributed by atoms with Crippen molar-refractivity contribution in [2.24, 2.45) is 5.92 Å². The molecule has 1 aliphatic heterocycles. The summed E-state index contributed by atoms with van der Waals surface area (Å²) in [4.78, 5) is 10.3. The van der Waals surface area contributed by atoms with E-state index < -0.39 is 5.41 Å². The zero-order valence-corrected chi connectivity index (χ0v) is 32.5. The molecule has 0 N–H and O–H groups in total. The zero-order valence-electron chi connectivity index (χ0n) is 32.5. The number of nitrogens with zero attached hydrogens (tertiary/aromatic N) is 2. The Bertz CT molecular complexity index is 3160. The Morgan fingerprint density at radius 1 is 0.525 bits per heavy atom. The summed E-state index contributed by atoms with van der Waals surface area (Å²) in [7, 11) is 0. The van der Waals surface area contributed by atoms with Gasteiger partial charge in [-0.15, -0.1) is 0 Å². The zero-order chi connectivity index (χ0) is 39.1. The lowest BCUT2D eigenvalue weighted by Gasteiger charge is -2.45. The second-order valence-electron chi connectivity index (χ2n) is 16.1. The highest BCUT2D eigenvalue weighted by molar-refractivity contribution is 6.05. The highest BCUT2D eigenvalue weighted by Gasteiger charge is 2.54. The largest absolute Gasteiger partial charge is 0.485 e. The van der Waals surface area contributed by atoms with Gasteiger partial charge >= 0.3 is 0 Å². The van der Waals surface area contributed by atoms with Crippen molar-refractivity contribution in [2.45, 2.75) is 24.9 Å². The van der Waals surface area contributed by atoms with Crippen molar-refractivity contribution in [3.8, 4) is 61.9 Å². The van der Waals surface area contributed by atoms with Crippen LogP contribution in [0.25, 0.3) is 78.1 Å². The summed E-state index contributed by atoms with van der Waals surface area (Å²) in [5.74, 6) is 1.94. The van der Waals surface area contributed by atoms with Gasteiger partial charge in [0.25, 0.3) is 0 Å². The van der Waals surface area contributed by atoms with Crippen LogP contribution >= 0.6 is 0 Å². The van der Waals surface area contributed by atoms with E-state index in [4.69, 9.17) is 19.1 Å². The summed E-state index contributed by atoms with van der Waals surface area (Å²) in [5.41, 5.74) is 15.8. The predicted octanol–water partition coefficient (Wildman–Crippen LogP) is 13.6. The van der Waals surface area contributed by atoms with Crippen LogP contribution in [0.3, 0.4) is 0 Å². The first-order valence-corrected chi connectivity index (χ1v) is 20.5. The maximum Gasteiger partial charge on any atom is 0.160 e. The van der Waals surface area contributed by atoms with Crippen molar-refractivity contribution in [2.75, 3.05) is 0 Å². The van der Waals surface area contributed by atoms with Crippen LogP contribution in [0, 0.1) is 5.92 Å². The highest BCUT2D eigenvalue weighted by atomic mass is 16.5. The lowest BCUT2D eigenvalue weighted by Crippen LogP contribution is -2.44. The van der Waals surface area contributed by atoms with Gasteiger partial charge in [-0.2, -0.15) is 0 Å². The Hall–Kier alpha value is -7.30. The van der Waals surface area contributed by atoms with E-state index in [9.17, 15) is 0 Å². The maximum atomic E-state index is 7.05. The number of para-hydroxylation sites is 1. The second kappa shape index (κ2) is 13.1. The molecule has 1 spiro atoms. The minimum absolute atomic E-state index is 0.0517. The second-order valence-corrected chi connectivity index (χ2v) is 16.1. The molecule has 0 saturated heterocycles. The molecule has 2 unspecified atom stereocenters. The topological polar surface area (TPSA) is 48.2 Å². The monoisotopic (exact) mass is 758 g/mol. The average Bonchev–Trinajstić information content (AvgIpc) is 3.74. The third-order valence-corrected chi connectivity index (χ3v) is 12.7. The van der Waals surface area contributed by atoms with Crippen LogP contribution < -0.4 is 4.74 Å². The number of allylic oxidation sites excluding steroid dienone is 3.